The summed E-state index contributed by atoms with van der Waals surface area (Å²) in [6.07, 6.45) is 2.12. The first kappa shape index (κ1) is 16.0. The maximum atomic E-state index is 12.4. The highest BCUT2D eigenvalue weighted by molar-refractivity contribution is 7.14. The molecule has 25 heavy (non-hydrogen) atoms. The van der Waals surface area contributed by atoms with E-state index in [1.807, 2.05) is 6.07 Å². The van der Waals surface area contributed by atoms with Crippen molar-refractivity contribution in [3.63, 3.8) is 0 Å². The topological polar surface area (TPSA) is 101 Å². The van der Waals surface area contributed by atoms with E-state index < -0.39 is 0 Å². The highest BCUT2D eigenvalue weighted by Gasteiger charge is 2.21. The fourth-order valence-corrected chi connectivity index (χ4v) is 3.77. The number of H-pyrrole nitrogens is 1. The highest BCUT2D eigenvalue weighted by Crippen LogP contribution is 2.33. The van der Waals surface area contributed by atoms with Crippen LogP contribution in [0, 0.1) is 13.8 Å². The van der Waals surface area contributed by atoms with Crippen molar-refractivity contribution in [3.05, 3.63) is 43.5 Å². The summed E-state index contributed by atoms with van der Waals surface area (Å²) in [5.74, 6) is 0.135. The Kier molecular flexibility index (Phi) is 3.89. The summed E-state index contributed by atoms with van der Waals surface area (Å²) in [6.45, 7) is 4.22. The quantitative estimate of drug-likeness (QED) is 0.746. The van der Waals surface area contributed by atoms with Crippen molar-refractivity contribution in [2.24, 2.45) is 0 Å². The summed E-state index contributed by atoms with van der Waals surface area (Å²) in [5.41, 5.74) is 0.930. The molecular weight excluding hydrogens is 342 g/mol. The molecule has 1 saturated heterocycles. The SMILES string of the molecule is Cc1nc2nc(NC(=O)c3ccc(C4CCCO4)s3)[nH]n2c(=O)c1C. The van der Waals surface area contributed by atoms with Crippen molar-refractivity contribution in [1.29, 1.82) is 0 Å². The Bertz CT molecular complexity index is 1010. The lowest BCUT2D eigenvalue weighted by Gasteiger charge is -2.04. The zero-order valence-electron chi connectivity index (χ0n) is 13.8. The first-order chi connectivity index (χ1) is 12.0. The van der Waals surface area contributed by atoms with Crippen LogP contribution in [0.15, 0.2) is 16.9 Å². The lowest BCUT2D eigenvalue weighted by Crippen LogP contribution is -2.19. The summed E-state index contributed by atoms with van der Waals surface area (Å²) >= 11 is 1.41. The lowest BCUT2D eigenvalue weighted by molar-refractivity contribution is 0.102. The molecule has 8 nitrogen and oxygen atoms in total. The standard InChI is InChI=1S/C16H17N5O3S/c1-8-9(2)17-16-19-15(20-21(16)14(8)23)18-13(22)12-6-5-11(25-12)10-4-3-7-24-10/h5-6,10H,3-4,7H2,1-2H3,(H2,17,18,19,20,22). The predicted octanol–water partition coefficient (Wildman–Crippen LogP) is 2.20. The molecule has 0 aliphatic carbocycles. The number of nitrogens with one attached hydrogen (secondary N) is 2. The van der Waals surface area contributed by atoms with E-state index in [2.05, 4.69) is 20.4 Å². The third-order valence-corrected chi connectivity index (χ3v) is 5.47. The molecule has 4 heterocycles. The highest BCUT2D eigenvalue weighted by atomic mass is 32.1. The summed E-state index contributed by atoms with van der Waals surface area (Å²) in [5, 5.41) is 5.46. The molecule has 9 heteroatoms. The van der Waals surface area contributed by atoms with Crippen LogP contribution in [0.5, 0.6) is 0 Å². The van der Waals surface area contributed by atoms with Crippen molar-refractivity contribution in [2.75, 3.05) is 11.9 Å². The van der Waals surface area contributed by atoms with E-state index >= 15 is 0 Å². The number of thiophene rings is 1. The van der Waals surface area contributed by atoms with Gasteiger partial charge in [0.05, 0.1) is 11.0 Å². The van der Waals surface area contributed by atoms with Crippen molar-refractivity contribution >= 4 is 29.0 Å². The summed E-state index contributed by atoms with van der Waals surface area (Å²) in [7, 11) is 0. The van der Waals surface area contributed by atoms with Gasteiger partial charge >= 0.3 is 0 Å². The lowest BCUT2D eigenvalue weighted by atomic mass is 10.2. The van der Waals surface area contributed by atoms with E-state index in [4.69, 9.17) is 4.74 Å². The molecule has 0 spiro atoms. The number of hydrogen-bond donors (Lipinski definition) is 2. The van der Waals surface area contributed by atoms with Crippen LogP contribution < -0.4 is 10.9 Å². The molecule has 0 radical (unpaired) electrons. The molecule has 1 fully saturated rings. The molecule has 130 valence electrons. The monoisotopic (exact) mass is 359 g/mol. The molecule has 3 aromatic rings. The van der Waals surface area contributed by atoms with E-state index in [0.29, 0.717) is 16.1 Å². The maximum Gasteiger partial charge on any atom is 0.277 e. The molecule has 0 aromatic carbocycles. The Morgan fingerprint density at radius 3 is 3.00 bits per heavy atom. The second kappa shape index (κ2) is 6.08. The van der Waals surface area contributed by atoms with E-state index in [0.717, 1.165) is 24.3 Å². The first-order valence-electron chi connectivity index (χ1n) is 8.01. The fourth-order valence-electron chi connectivity index (χ4n) is 2.78. The van der Waals surface area contributed by atoms with E-state index in [-0.39, 0.29) is 29.3 Å². The van der Waals surface area contributed by atoms with Gasteiger partial charge in [-0.15, -0.1) is 11.3 Å². The minimum atomic E-state index is -0.283. The van der Waals surface area contributed by atoms with Gasteiger partial charge in [-0.05, 0) is 38.8 Å². The average molecular weight is 359 g/mol. The number of nitrogens with zero attached hydrogens (tertiary/aromatic N) is 3. The van der Waals surface area contributed by atoms with Crippen LogP contribution in [-0.2, 0) is 4.74 Å². The Morgan fingerprint density at radius 1 is 1.40 bits per heavy atom. The van der Waals surface area contributed by atoms with Crippen molar-refractivity contribution in [3.8, 4) is 0 Å². The van der Waals surface area contributed by atoms with Crippen LogP contribution in [0.1, 0.15) is 44.8 Å². The number of amides is 1. The van der Waals surface area contributed by atoms with Crippen LogP contribution >= 0.6 is 11.3 Å². The number of ether oxygens (including phenoxy) is 1. The molecule has 1 atom stereocenters. The second-order valence-electron chi connectivity index (χ2n) is 5.99. The van der Waals surface area contributed by atoms with E-state index in [1.54, 1.807) is 19.9 Å². The van der Waals surface area contributed by atoms with E-state index in [9.17, 15) is 9.59 Å². The average Bonchev–Trinajstić information content (AvgIpc) is 3.31. The number of anilines is 1. The minimum Gasteiger partial charge on any atom is -0.373 e. The number of aromatic nitrogens is 4. The molecule has 0 bridgehead atoms. The third kappa shape index (κ3) is 2.85. The smallest absolute Gasteiger partial charge is 0.277 e. The molecule has 4 rings (SSSR count). The van der Waals surface area contributed by atoms with Gasteiger partial charge in [0, 0.05) is 22.7 Å². The summed E-state index contributed by atoms with van der Waals surface area (Å²) < 4.78 is 6.87. The second-order valence-corrected chi connectivity index (χ2v) is 7.11. The Labute approximate surface area is 146 Å². The van der Waals surface area contributed by atoms with Gasteiger partial charge in [-0.25, -0.2) is 4.98 Å². The van der Waals surface area contributed by atoms with Crippen LogP contribution in [0.4, 0.5) is 5.95 Å². The molecular formula is C16H17N5O3S. The van der Waals surface area contributed by atoms with Gasteiger partial charge in [0.2, 0.25) is 5.95 Å². The Morgan fingerprint density at radius 2 is 2.24 bits per heavy atom. The Hall–Kier alpha value is -2.52. The van der Waals surface area contributed by atoms with Crippen LogP contribution in [0.2, 0.25) is 0 Å². The van der Waals surface area contributed by atoms with Gasteiger partial charge in [0.1, 0.15) is 0 Å². The Balaban J connectivity index is 1.57. The van der Waals surface area contributed by atoms with Gasteiger partial charge < -0.3 is 4.74 Å². The van der Waals surface area contributed by atoms with Crippen LogP contribution in [0.3, 0.4) is 0 Å². The number of aromatic amines is 1. The van der Waals surface area contributed by atoms with Gasteiger partial charge in [0.15, 0.2) is 0 Å². The molecule has 0 saturated carbocycles. The molecule has 2 N–H and O–H groups in total. The largest absolute Gasteiger partial charge is 0.373 e. The number of carbonyl (C=O) groups is 1. The number of aryl methyl sites for hydroxylation is 1. The number of fused-ring (bicyclic) bond motifs is 1. The predicted molar refractivity (Wildman–Crippen MR) is 93.3 cm³/mol. The third-order valence-electron chi connectivity index (χ3n) is 4.29. The summed E-state index contributed by atoms with van der Waals surface area (Å²) in [6, 6.07) is 3.70. The van der Waals surface area contributed by atoms with Crippen molar-refractivity contribution < 1.29 is 9.53 Å². The van der Waals surface area contributed by atoms with Crippen molar-refractivity contribution in [1.82, 2.24) is 19.6 Å². The first-order valence-corrected chi connectivity index (χ1v) is 8.83. The molecule has 3 aromatic heterocycles. The fraction of sp³-hybridized carbons (Fsp3) is 0.375. The number of rotatable bonds is 3. The number of carbonyl (C=O) groups excluding carboxylic acids is 1. The summed E-state index contributed by atoms with van der Waals surface area (Å²) in [4.78, 5) is 34.7. The van der Waals surface area contributed by atoms with E-state index in [1.165, 1.54) is 15.9 Å². The van der Waals surface area contributed by atoms with Gasteiger partial charge in [0.25, 0.3) is 17.2 Å². The van der Waals surface area contributed by atoms with Gasteiger partial charge in [-0.3, -0.25) is 20.0 Å². The van der Waals surface area contributed by atoms with Crippen LogP contribution in [-0.4, -0.2) is 32.1 Å². The van der Waals surface area contributed by atoms with Gasteiger partial charge in [-0.2, -0.15) is 9.50 Å². The normalized spacial score (nSPS) is 17.3. The minimum absolute atomic E-state index is 0.0893. The van der Waals surface area contributed by atoms with Gasteiger partial charge in [-0.1, -0.05) is 0 Å². The van der Waals surface area contributed by atoms with Crippen molar-refractivity contribution in [2.45, 2.75) is 32.8 Å². The zero-order valence-corrected chi connectivity index (χ0v) is 14.6. The molecule has 1 aliphatic rings. The number of hydrogen-bond acceptors (Lipinski definition) is 6. The zero-order chi connectivity index (χ0) is 17.6. The molecule has 1 unspecified atom stereocenters. The maximum absolute atomic E-state index is 12.4. The molecule has 1 amide bonds. The van der Waals surface area contributed by atoms with Crippen LogP contribution in [0.25, 0.3) is 5.78 Å². The molecule has 1 aliphatic heterocycles.